The van der Waals surface area contributed by atoms with Gasteiger partial charge < -0.3 is 15.0 Å². The average molecular weight is 341 g/mol. The number of halogens is 1. The molecule has 1 aromatic rings. The van der Waals surface area contributed by atoms with Gasteiger partial charge >= 0.3 is 0 Å². The largest absolute Gasteiger partial charge is 0.496 e. The molecule has 1 heterocycles. The van der Waals surface area contributed by atoms with Gasteiger partial charge in [0.05, 0.1) is 13.5 Å². The van der Waals surface area contributed by atoms with Crippen LogP contribution >= 0.6 is 15.9 Å². The third kappa shape index (κ3) is 3.73. The van der Waals surface area contributed by atoms with E-state index in [4.69, 9.17) is 4.74 Å². The molecular formula is C15H21BrN2O2. The minimum absolute atomic E-state index is 0.177. The van der Waals surface area contributed by atoms with E-state index in [1.54, 1.807) is 7.11 Å². The van der Waals surface area contributed by atoms with Gasteiger partial charge in [0.1, 0.15) is 5.75 Å². The number of ether oxygens (including phenoxy) is 1. The number of piperidine rings is 1. The third-order valence-electron chi connectivity index (χ3n) is 3.84. The molecule has 2 rings (SSSR count). The second-order valence-electron chi connectivity index (χ2n) is 5.08. The number of hydrogen-bond donors (Lipinski definition) is 1. The van der Waals surface area contributed by atoms with Crippen molar-refractivity contribution < 1.29 is 9.53 Å². The number of amides is 1. The van der Waals surface area contributed by atoms with Gasteiger partial charge in [0.25, 0.3) is 0 Å². The van der Waals surface area contributed by atoms with Crippen LogP contribution in [0.2, 0.25) is 0 Å². The van der Waals surface area contributed by atoms with Crippen LogP contribution in [0.5, 0.6) is 5.75 Å². The molecule has 0 radical (unpaired) electrons. The number of nitrogens with one attached hydrogen (secondary N) is 1. The molecule has 0 aliphatic carbocycles. The highest BCUT2D eigenvalue weighted by atomic mass is 79.9. The lowest BCUT2D eigenvalue weighted by Crippen LogP contribution is -2.44. The Morgan fingerprint density at radius 1 is 1.45 bits per heavy atom. The summed E-state index contributed by atoms with van der Waals surface area (Å²) in [5, 5.41) is 3.27. The molecular weight excluding hydrogens is 320 g/mol. The second-order valence-corrected chi connectivity index (χ2v) is 5.99. The van der Waals surface area contributed by atoms with Crippen molar-refractivity contribution in [3.05, 3.63) is 28.2 Å². The first-order valence-corrected chi connectivity index (χ1v) is 7.70. The van der Waals surface area contributed by atoms with Crippen molar-refractivity contribution in [2.24, 2.45) is 0 Å². The van der Waals surface area contributed by atoms with E-state index in [1.807, 2.05) is 30.1 Å². The minimum Gasteiger partial charge on any atom is -0.496 e. The number of carbonyl (C=O) groups excluding carboxylic acids is 1. The molecule has 0 spiro atoms. The number of likely N-dealkylation sites (tertiary alicyclic amines) is 1. The summed E-state index contributed by atoms with van der Waals surface area (Å²) in [6.45, 7) is 1.67. The highest BCUT2D eigenvalue weighted by Crippen LogP contribution is 2.24. The lowest BCUT2D eigenvalue weighted by Gasteiger charge is -2.32. The zero-order chi connectivity index (χ0) is 14.5. The first-order chi connectivity index (χ1) is 9.63. The number of hydrogen-bond acceptors (Lipinski definition) is 3. The number of rotatable bonds is 4. The predicted octanol–water partition coefficient (Wildman–Crippen LogP) is 2.21. The molecule has 1 aromatic carbocycles. The van der Waals surface area contributed by atoms with Gasteiger partial charge in [-0.1, -0.05) is 15.9 Å². The first-order valence-electron chi connectivity index (χ1n) is 6.91. The fraction of sp³-hybridized carbons (Fsp3) is 0.533. The normalized spacial score (nSPS) is 16.2. The summed E-state index contributed by atoms with van der Waals surface area (Å²) in [4.78, 5) is 14.3. The Bertz CT molecular complexity index is 471. The van der Waals surface area contributed by atoms with Crippen LogP contribution in [0.15, 0.2) is 22.7 Å². The van der Waals surface area contributed by atoms with Gasteiger partial charge in [-0.3, -0.25) is 4.79 Å². The van der Waals surface area contributed by atoms with Gasteiger partial charge in [0, 0.05) is 29.2 Å². The number of carbonyl (C=O) groups is 1. The maximum Gasteiger partial charge on any atom is 0.227 e. The van der Waals surface area contributed by atoms with Crippen LogP contribution in [-0.4, -0.2) is 44.1 Å². The maximum atomic E-state index is 12.4. The molecule has 0 saturated carbocycles. The Balaban J connectivity index is 1.99. The quantitative estimate of drug-likeness (QED) is 0.913. The molecule has 5 heteroatoms. The number of methoxy groups -OCH3 is 1. The molecule has 1 N–H and O–H groups in total. The van der Waals surface area contributed by atoms with Gasteiger partial charge in [-0.15, -0.1) is 0 Å². The summed E-state index contributed by atoms with van der Waals surface area (Å²) < 4.78 is 6.29. The van der Waals surface area contributed by atoms with Gasteiger partial charge in [0.2, 0.25) is 5.91 Å². The lowest BCUT2D eigenvalue weighted by molar-refractivity contribution is -0.131. The fourth-order valence-electron chi connectivity index (χ4n) is 2.58. The number of benzene rings is 1. The van der Waals surface area contributed by atoms with Crippen LogP contribution in [0.3, 0.4) is 0 Å². The summed E-state index contributed by atoms with van der Waals surface area (Å²) in [6.07, 6.45) is 2.45. The van der Waals surface area contributed by atoms with Crippen LogP contribution in [0.4, 0.5) is 0 Å². The molecule has 0 aromatic heterocycles. The lowest BCUT2D eigenvalue weighted by atomic mass is 10.0. The second kappa shape index (κ2) is 7.09. The number of nitrogens with zero attached hydrogens (tertiary/aromatic N) is 1. The molecule has 0 unspecified atom stereocenters. The highest BCUT2D eigenvalue weighted by Gasteiger charge is 2.22. The summed E-state index contributed by atoms with van der Waals surface area (Å²) in [5.41, 5.74) is 0.933. The Morgan fingerprint density at radius 2 is 2.15 bits per heavy atom. The first kappa shape index (κ1) is 15.3. The molecule has 0 bridgehead atoms. The van der Waals surface area contributed by atoms with E-state index < -0.39 is 0 Å². The van der Waals surface area contributed by atoms with Gasteiger partial charge in [0.15, 0.2) is 0 Å². The van der Waals surface area contributed by atoms with Crippen LogP contribution in [0.25, 0.3) is 0 Å². The van der Waals surface area contributed by atoms with Crippen LogP contribution in [0, 0.1) is 0 Å². The zero-order valence-corrected chi connectivity index (χ0v) is 13.6. The van der Waals surface area contributed by atoms with E-state index in [0.717, 1.165) is 41.7 Å². The Morgan fingerprint density at radius 3 is 2.75 bits per heavy atom. The third-order valence-corrected chi connectivity index (χ3v) is 4.33. The molecule has 1 aliphatic heterocycles. The van der Waals surface area contributed by atoms with Crippen molar-refractivity contribution >= 4 is 21.8 Å². The van der Waals surface area contributed by atoms with Crippen molar-refractivity contribution in [1.29, 1.82) is 0 Å². The SMILES string of the molecule is CNC1CCN(C(=O)Cc2cc(Br)ccc2OC)CC1. The molecule has 1 amide bonds. The Labute approximate surface area is 128 Å². The predicted molar refractivity (Wildman–Crippen MR) is 83.1 cm³/mol. The van der Waals surface area contributed by atoms with E-state index >= 15 is 0 Å². The van der Waals surface area contributed by atoms with Crippen LogP contribution in [-0.2, 0) is 11.2 Å². The molecule has 1 aliphatic rings. The molecule has 4 nitrogen and oxygen atoms in total. The van der Waals surface area contributed by atoms with Crippen molar-refractivity contribution in [1.82, 2.24) is 10.2 Å². The van der Waals surface area contributed by atoms with E-state index in [-0.39, 0.29) is 5.91 Å². The summed E-state index contributed by atoms with van der Waals surface area (Å²) in [6, 6.07) is 6.31. The molecule has 1 saturated heterocycles. The molecule has 1 fully saturated rings. The molecule has 20 heavy (non-hydrogen) atoms. The summed E-state index contributed by atoms with van der Waals surface area (Å²) >= 11 is 3.44. The summed E-state index contributed by atoms with van der Waals surface area (Å²) in [7, 11) is 3.62. The van der Waals surface area contributed by atoms with Gasteiger partial charge in [-0.2, -0.15) is 0 Å². The Hall–Kier alpha value is -1.07. The van der Waals surface area contributed by atoms with E-state index in [0.29, 0.717) is 12.5 Å². The monoisotopic (exact) mass is 340 g/mol. The van der Waals surface area contributed by atoms with E-state index in [9.17, 15) is 4.79 Å². The van der Waals surface area contributed by atoms with Gasteiger partial charge in [-0.05, 0) is 38.1 Å². The van der Waals surface area contributed by atoms with E-state index in [1.165, 1.54) is 0 Å². The van der Waals surface area contributed by atoms with Gasteiger partial charge in [-0.25, -0.2) is 0 Å². The Kier molecular flexibility index (Phi) is 5.43. The average Bonchev–Trinajstić information content (AvgIpc) is 2.47. The van der Waals surface area contributed by atoms with Crippen molar-refractivity contribution in [2.45, 2.75) is 25.3 Å². The fourth-order valence-corrected chi connectivity index (χ4v) is 2.99. The topological polar surface area (TPSA) is 41.6 Å². The standard InChI is InChI=1S/C15H21BrN2O2/c1-17-13-5-7-18(8-6-13)15(19)10-11-9-12(16)3-4-14(11)20-2/h3-4,9,13,17H,5-8,10H2,1-2H3. The van der Waals surface area contributed by atoms with Crippen LogP contribution < -0.4 is 10.1 Å². The highest BCUT2D eigenvalue weighted by molar-refractivity contribution is 9.10. The smallest absolute Gasteiger partial charge is 0.227 e. The van der Waals surface area contributed by atoms with E-state index in [2.05, 4.69) is 21.2 Å². The zero-order valence-electron chi connectivity index (χ0n) is 12.0. The minimum atomic E-state index is 0.177. The van der Waals surface area contributed by atoms with Crippen molar-refractivity contribution in [3.63, 3.8) is 0 Å². The maximum absolute atomic E-state index is 12.4. The molecule has 0 atom stereocenters. The molecule has 110 valence electrons. The summed E-state index contributed by atoms with van der Waals surface area (Å²) in [5.74, 6) is 0.947. The van der Waals surface area contributed by atoms with Crippen LogP contribution in [0.1, 0.15) is 18.4 Å². The van der Waals surface area contributed by atoms with Crippen molar-refractivity contribution in [3.8, 4) is 5.75 Å². The van der Waals surface area contributed by atoms with Crippen molar-refractivity contribution in [2.75, 3.05) is 27.2 Å².